The number of nitrogens with one attached hydrogen (secondary N) is 2. The van der Waals surface area contributed by atoms with E-state index in [9.17, 15) is 22.8 Å². The van der Waals surface area contributed by atoms with Crippen LogP contribution in [0.4, 0.5) is 5.69 Å². The number of rotatable bonds is 11. The summed E-state index contributed by atoms with van der Waals surface area (Å²) in [6.07, 6.45) is -0.987. The average molecular weight is 513 g/mol. The summed E-state index contributed by atoms with van der Waals surface area (Å²) in [7, 11) is -4.35. The minimum Gasteiger partial charge on any atom is -0.489 e. The highest BCUT2D eigenvalue weighted by Crippen LogP contribution is 2.33. The van der Waals surface area contributed by atoms with Crippen LogP contribution in [0.25, 0.3) is 10.8 Å². The molecule has 0 aromatic heterocycles. The monoisotopic (exact) mass is 512 g/mol. The van der Waals surface area contributed by atoms with Gasteiger partial charge in [-0.1, -0.05) is 49.4 Å². The van der Waals surface area contributed by atoms with E-state index in [-0.39, 0.29) is 28.8 Å². The molecule has 0 bridgehead atoms. The van der Waals surface area contributed by atoms with Crippen molar-refractivity contribution in [2.24, 2.45) is 0 Å². The van der Waals surface area contributed by atoms with Crippen molar-refractivity contribution in [1.29, 1.82) is 0 Å². The first-order valence-corrected chi connectivity index (χ1v) is 12.8. The second kappa shape index (κ2) is 11.3. The van der Waals surface area contributed by atoms with Gasteiger partial charge in [-0.3, -0.25) is 9.59 Å². The third kappa shape index (κ3) is 6.46. The van der Waals surface area contributed by atoms with E-state index in [4.69, 9.17) is 9.84 Å². The molecular formula is C26H28N2O7S. The molecule has 3 rings (SSSR count). The van der Waals surface area contributed by atoms with Crippen molar-refractivity contribution in [3.63, 3.8) is 0 Å². The Labute approximate surface area is 209 Å². The van der Waals surface area contributed by atoms with E-state index in [0.29, 0.717) is 5.69 Å². The Balaban J connectivity index is 1.98. The lowest BCUT2D eigenvalue weighted by Gasteiger charge is -2.25. The number of fused-ring (bicyclic) bond motifs is 1. The molecule has 10 heteroatoms. The maximum atomic E-state index is 13.1. The van der Waals surface area contributed by atoms with Crippen LogP contribution in [0.15, 0.2) is 65.6 Å². The Bertz CT molecular complexity index is 1380. The number of carbonyl (C=O) groups excluding carboxylic acids is 2. The van der Waals surface area contributed by atoms with Gasteiger partial charge in [0.1, 0.15) is 23.0 Å². The smallest absolute Gasteiger partial charge is 0.305 e. The zero-order chi connectivity index (χ0) is 26.5. The second-order valence-corrected chi connectivity index (χ2v) is 10.2. The van der Waals surface area contributed by atoms with Crippen molar-refractivity contribution in [3.05, 3.63) is 66.2 Å². The number of anilines is 1. The molecule has 0 fully saturated rings. The summed E-state index contributed by atoms with van der Waals surface area (Å²) in [6, 6.07) is 16.4. The van der Waals surface area contributed by atoms with Crippen LogP contribution in [-0.4, -0.2) is 43.8 Å². The number of carboxylic acids is 1. The van der Waals surface area contributed by atoms with Gasteiger partial charge in [-0.05, 0) is 35.4 Å². The zero-order valence-electron chi connectivity index (χ0n) is 20.1. The summed E-state index contributed by atoms with van der Waals surface area (Å²) in [5.74, 6) is -1.88. The van der Waals surface area contributed by atoms with Gasteiger partial charge in [0.2, 0.25) is 15.9 Å². The Hall–Kier alpha value is -3.76. The highest BCUT2D eigenvalue weighted by atomic mass is 32.2. The van der Waals surface area contributed by atoms with Gasteiger partial charge in [-0.25, -0.2) is 13.1 Å². The molecule has 0 saturated carbocycles. The summed E-state index contributed by atoms with van der Waals surface area (Å²) in [5.41, 5.74) is 1.34. The number of hydrogen-bond acceptors (Lipinski definition) is 6. The lowest BCUT2D eigenvalue weighted by molar-refractivity contribution is -0.138. The van der Waals surface area contributed by atoms with Crippen LogP contribution in [0.1, 0.15) is 38.7 Å². The van der Waals surface area contributed by atoms with Gasteiger partial charge in [0.15, 0.2) is 0 Å². The van der Waals surface area contributed by atoms with E-state index in [1.165, 1.54) is 25.1 Å². The number of carbonyl (C=O) groups is 3. The van der Waals surface area contributed by atoms with Crippen molar-refractivity contribution >= 4 is 44.6 Å². The molecule has 0 saturated heterocycles. The molecule has 0 heterocycles. The minimum atomic E-state index is -4.35. The fourth-order valence-electron chi connectivity index (χ4n) is 3.87. The Morgan fingerprint density at radius 1 is 1.06 bits per heavy atom. The van der Waals surface area contributed by atoms with Crippen LogP contribution < -0.4 is 14.8 Å². The standard InChI is InChI=1S/C26H28N2O7S/c1-16(22-10-6-8-19-7-4-5-9-23(19)22)17(2)35-24-13-20(27-18(3)30)11-12-25(24)36(33,34)28-21(15-29)14-26(31)32/h4-13,15-17,21,28H,14H2,1-3H3,(H,27,30)(H,31,32). The first-order valence-electron chi connectivity index (χ1n) is 11.3. The molecule has 0 aliphatic heterocycles. The maximum absolute atomic E-state index is 13.1. The van der Waals surface area contributed by atoms with Crippen LogP contribution in [-0.2, 0) is 24.4 Å². The van der Waals surface area contributed by atoms with Crippen LogP contribution in [0.5, 0.6) is 5.75 Å². The molecule has 9 nitrogen and oxygen atoms in total. The molecule has 3 aromatic carbocycles. The maximum Gasteiger partial charge on any atom is 0.305 e. The van der Waals surface area contributed by atoms with Gasteiger partial charge in [0, 0.05) is 24.6 Å². The van der Waals surface area contributed by atoms with E-state index in [1.807, 2.05) is 49.4 Å². The van der Waals surface area contributed by atoms with E-state index in [2.05, 4.69) is 10.0 Å². The van der Waals surface area contributed by atoms with Gasteiger partial charge in [0.05, 0.1) is 12.5 Å². The molecule has 3 unspecified atom stereocenters. The summed E-state index contributed by atoms with van der Waals surface area (Å²) in [4.78, 5) is 33.5. The topological polar surface area (TPSA) is 139 Å². The molecule has 3 aromatic rings. The molecule has 3 atom stereocenters. The SMILES string of the molecule is CC(=O)Nc1ccc(S(=O)(=O)NC(C=O)CC(=O)O)c(OC(C)C(C)c2cccc3ccccc23)c1. The van der Waals surface area contributed by atoms with E-state index < -0.39 is 34.6 Å². The first-order chi connectivity index (χ1) is 17.0. The molecule has 0 spiro atoms. The van der Waals surface area contributed by atoms with Crippen LogP contribution in [0.3, 0.4) is 0 Å². The zero-order valence-corrected chi connectivity index (χ0v) is 20.9. The fourth-order valence-corrected chi connectivity index (χ4v) is 5.16. The predicted molar refractivity (Wildman–Crippen MR) is 136 cm³/mol. The normalized spacial score (nSPS) is 14.0. The Morgan fingerprint density at radius 3 is 2.42 bits per heavy atom. The lowest BCUT2D eigenvalue weighted by atomic mass is 9.91. The summed E-state index contributed by atoms with van der Waals surface area (Å²) in [6.45, 7) is 5.09. The fraction of sp³-hybridized carbons (Fsp3) is 0.269. The number of amides is 1. The third-order valence-electron chi connectivity index (χ3n) is 5.75. The van der Waals surface area contributed by atoms with E-state index in [1.54, 1.807) is 6.92 Å². The predicted octanol–water partition coefficient (Wildman–Crippen LogP) is 3.69. The van der Waals surface area contributed by atoms with Gasteiger partial charge in [-0.2, -0.15) is 0 Å². The van der Waals surface area contributed by atoms with Crippen molar-refractivity contribution in [2.45, 2.75) is 50.2 Å². The highest BCUT2D eigenvalue weighted by molar-refractivity contribution is 7.89. The van der Waals surface area contributed by atoms with Crippen LogP contribution in [0.2, 0.25) is 0 Å². The number of sulfonamides is 1. The number of ether oxygens (including phenoxy) is 1. The van der Waals surface area contributed by atoms with Gasteiger partial charge < -0.3 is 20.0 Å². The Kier molecular flexibility index (Phi) is 8.44. The van der Waals surface area contributed by atoms with Crippen molar-refractivity contribution < 1.29 is 32.6 Å². The largest absolute Gasteiger partial charge is 0.489 e. The number of benzene rings is 3. The summed E-state index contributed by atoms with van der Waals surface area (Å²) >= 11 is 0. The van der Waals surface area contributed by atoms with Crippen molar-refractivity contribution in [3.8, 4) is 5.75 Å². The van der Waals surface area contributed by atoms with Crippen molar-refractivity contribution in [1.82, 2.24) is 4.72 Å². The molecule has 0 radical (unpaired) electrons. The average Bonchev–Trinajstić information content (AvgIpc) is 2.81. The number of hydrogen-bond donors (Lipinski definition) is 3. The molecule has 190 valence electrons. The quantitative estimate of drug-likeness (QED) is 0.333. The molecule has 36 heavy (non-hydrogen) atoms. The molecule has 0 aliphatic rings. The van der Waals surface area contributed by atoms with Crippen LogP contribution >= 0.6 is 0 Å². The lowest BCUT2D eigenvalue weighted by Crippen LogP contribution is -2.38. The summed E-state index contributed by atoms with van der Waals surface area (Å²) < 4.78 is 34.5. The summed E-state index contributed by atoms with van der Waals surface area (Å²) in [5, 5.41) is 13.7. The van der Waals surface area contributed by atoms with Crippen LogP contribution in [0, 0.1) is 0 Å². The van der Waals surface area contributed by atoms with E-state index >= 15 is 0 Å². The molecule has 3 N–H and O–H groups in total. The third-order valence-corrected chi connectivity index (χ3v) is 7.28. The van der Waals surface area contributed by atoms with Gasteiger partial charge >= 0.3 is 5.97 Å². The van der Waals surface area contributed by atoms with Gasteiger partial charge in [-0.15, -0.1) is 0 Å². The minimum absolute atomic E-state index is 0.0479. The molecule has 0 aliphatic carbocycles. The Morgan fingerprint density at radius 2 is 1.75 bits per heavy atom. The molecular weight excluding hydrogens is 484 g/mol. The number of aliphatic carboxylic acids is 1. The van der Waals surface area contributed by atoms with E-state index in [0.717, 1.165) is 16.3 Å². The first kappa shape index (κ1) is 26.8. The molecule has 1 amide bonds. The van der Waals surface area contributed by atoms with Crippen molar-refractivity contribution in [2.75, 3.05) is 5.32 Å². The second-order valence-electron chi connectivity index (χ2n) is 8.48. The highest BCUT2D eigenvalue weighted by Gasteiger charge is 2.27. The number of aldehydes is 1. The number of carboxylic acid groups (broad SMARTS) is 1. The van der Waals surface area contributed by atoms with Gasteiger partial charge in [0.25, 0.3) is 0 Å².